The summed E-state index contributed by atoms with van der Waals surface area (Å²) in [5.74, 6) is 0. The molecule has 0 bridgehead atoms. The Morgan fingerprint density at radius 2 is 2.06 bits per heavy atom. The van der Waals surface area contributed by atoms with Crippen LogP contribution in [-0.4, -0.2) is 37.6 Å². The van der Waals surface area contributed by atoms with Gasteiger partial charge >= 0.3 is 0 Å². The van der Waals surface area contributed by atoms with Crippen LogP contribution < -0.4 is 5.32 Å². The average molecular weight is 313 g/mol. The summed E-state index contributed by atoms with van der Waals surface area (Å²) in [6, 6.07) is 9.01. The zero-order chi connectivity index (χ0) is 13.8. The lowest BCUT2D eigenvalue weighted by molar-refractivity contribution is 0.116. The lowest BCUT2D eigenvalue weighted by Gasteiger charge is -2.42. The topological polar surface area (TPSA) is 15.3 Å². The van der Waals surface area contributed by atoms with Crippen LogP contribution in [0.4, 0.5) is 0 Å². The Morgan fingerprint density at radius 3 is 2.50 bits per heavy atom. The Kier molecular flexibility index (Phi) is 5.83. The molecule has 0 fully saturated rings. The van der Waals surface area contributed by atoms with E-state index < -0.39 is 0 Å². The number of hydrogen-bond acceptors (Lipinski definition) is 2. The quantitative estimate of drug-likeness (QED) is 0.867. The zero-order valence-electron chi connectivity index (χ0n) is 12.1. The van der Waals surface area contributed by atoms with E-state index in [0.29, 0.717) is 6.04 Å². The summed E-state index contributed by atoms with van der Waals surface area (Å²) in [6.07, 6.45) is 2.16. The highest BCUT2D eigenvalue weighted by molar-refractivity contribution is 9.10. The van der Waals surface area contributed by atoms with E-state index >= 15 is 0 Å². The predicted molar refractivity (Wildman–Crippen MR) is 83.1 cm³/mol. The molecule has 0 aliphatic heterocycles. The first kappa shape index (κ1) is 15.7. The minimum Gasteiger partial charge on any atom is -0.315 e. The molecule has 0 radical (unpaired) electrons. The number of hydrogen-bond donors (Lipinski definition) is 1. The van der Waals surface area contributed by atoms with Gasteiger partial charge in [0.15, 0.2) is 0 Å². The van der Waals surface area contributed by atoms with Gasteiger partial charge in [-0.1, -0.05) is 35.0 Å². The number of nitrogens with zero attached hydrogens (tertiary/aromatic N) is 1. The Morgan fingerprint density at radius 1 is 1.39 bits per heavy atom. The van der Waals surface area contributed by atoms with Crippen molar-refractivity contribution in [2.75, 3.05) is 21.1 Å². The largest absolute Gasteiger partial charge is 0.315 e. The van der Waals surface area contributed by atoms with Crippen LogP contribution >= 0.6 is 15.9 Å². The second-order valence-electron chi connectivity index (χ2n) is 5.28. The molecule has 18 heavy (non-hydrogen) atoms. The number of benzene rings is 1. The summed E-state index contributed by atoms with van der Waals surface area (Å²) in [4.78, 5) is 2.33. The Labute approximate surface area is 120 Å². The lowest BCUT2D eigenvalue weighted by atomic mass is 9.84. The van der Waals surface area contributed by atoms with Gasteiger partial charge in [-0.25, -0.2) is 0 Å². The summed E-state index contributed by atoms with van der Waals surface area (Å²) in [7, 11) is 6.38. The van der Waals surface area contributed by atoms with Crippen molar-refractivity contribution in [1.29, 1.82) is 0 Å². The van der Waals surface area contributed by atoms with Crippen molar-refractivity contribution < 1.29 is 0 Å². The van der Waals surface area contributed by atoms with Crippen LogP contribution in [0, 0.1) is 0 Å². The molecule has 0 spiro atoms. The fourth-order valence-corrected chi connectivity index (χ4v) is 2.85. The number of nitrogens with one attached hydrogen (secondary N) is 1. The van der Waals surface area contributed by atoms with Crippen LogP contribution in [0.25, 0.3) is 0 Å². The van der Waals surface area contributed by atoms with Crippen LogP contribution in [0.5, 0.6) is 0 Å². The third-order valence-corrected chi connectivity index (χ3v) is 4.66. The lowest BCUT2D eigenvalue weighted by Crippen LogP contribution is -2.56. The molecule has 1 N–H and O–H groups in total. The highest BCUT2D eigenvalue weighted by Gasteiger charge is 2.33. The van der Waals surface area contributed by atoms with Crippen molar-refractivity contribution in [3.05, 3.63) is 34.3 Å². The molecular weight excluding hydrogens is 288 g/mol. The molecule has 0 aliphatic rings. The normalized spacial score (nSPS) is 16.6. The summed E-state index contributed by atoms with van der Waals surface area (Å²) in [5, 5.41) is 3.49. The first-order valence-corrected chi connectivity index (χ1v) is 7.32. The Bertz CT molecular complexity index is 379. The van der Waals surface area contributed by atoms with E-state index in [1.165, 1.54) is 5.56 Å². The van der Waals surface area contributed by atoms with Crippen LogP contribution in [0.1, 0.15) is 25.8 Å². The van der Waals surface area contributed by atoms with Gasteiger partial charge in [-0.2, -0.15) is 0 Å². The van der Waals surface area contributed by atoms with Crippen molar-refractivity contribution >= 4 is 15.9 Å². The van der Waals surface area contributed by atoms with Gasteiger partial charge in [-0.3, -0.25) is 0 Å². The molecule has 2 atom stereocenters. The molecule has 1 aromatic carbocycles. The molecule has 0 aliphatic carbocycles. The van der Waals surface area contributed by atoms with Gasteiger partial charge < -0.3 is 10.2 Å². The van der Waals surface area contributed by atoms with Gasteiger partial charge in [-0.05, 0) is 58.6 Å². The molecule has 0 heterocycles. The fourth-order valence-electron chi connectivity index (χ4n) is 2.41. The predicted octanol–water partition coefficient (Wildman–Crippen LogP) is 3.31. The van der Waals surface area contributed by atoms with Gasteiger partial charge in [0.05, 0.1) is 0 Å². The second kappa shape index (κ2) is 6.69. The van der Waals surface area contributed by atoms with Crippen LogP contribution in [0.3, 0.4) is 0 Å². The minimum atomic E-state index is 0.164. The molecule has 1 rings (SSSR count). The van der Waals surface area contributed by atoms with Crippen molar-refractivity contribution in [2.24, 2.45) is 0 Å². The molecule has 3 heteroatoms. The molecule has 0 saturated heterocycles. The van der Waals surface area contributed by atoms with Crippen LogP contribution in [0.2, 0.25) is 0 Å². The maximum absolute atomic E-state index is 3.54. The third-order valence-electron chi connectivity index (χ3n) is 4.17. The monoisotopic (exact) mass is 312 g/mol. The smallest absolute Gasteiger partial charge is 0.0328 e. The van der Waals surface area contributed by atoms with Gasteiger partial charge in [-0.15, -0.1) is 0 Å². The summed E-state index contributed by atoms with van der Waals surface area (Å²) >= 11 is 3.54. The molecule has 102 valence electrons. The molecule has 0 amide bonds. The van der Waals surface area contributed by atoms with Crippen molar-refractivity contribution in [2.45, 2.75) is 38.3 Å². The fraction of sp³-hybridized carbons (Fsp3) is 0.600. The molecule has 0 saturated carbocycles. The van der Waals surface area contributed by atoms with E-state index in [2.05, 4.69) is 85.4 Å². The highest BCUT2D eigenvalue weighted by Crippen LogP contribution is 2.24. The number of halogens is 1. The SMILES string of the molecule is CCC(C)(C(Cc1cccc(Br)c1)NC)N(C)C. The van der Waals surface area contributed by atoms with Crippen LogP contribution in [-0.2, 0) is 6.42 Å². The van der Waals surface area contributed by atoms with Crippen molar-refractivity contribution in [3.8, 4) is 0 Å². The summed E-state index contributed by atoms with van der Waals surface area (Å²) in [6.45, 7) is 4.58. The van der Waals surface area contributed by atoms with Crippen LogP contribution in [0.15, 0.2) is 28.7 Å². The first-order valence-electron chi connectivity index (χ1n) is 6.53. The van der Waals surface area contributed by atoms with E-state index in [1.54, 1.807) is 0 Å². The minimum absolute atomic E-state index is 0.164. The van der Waals surface area contributed by atoms with E-state index in [-0.39, 0.29) is 5.54 Å². The van der Waals surface area contributed by atoms with E-state index in [0.717, 1.165) is 17.3 Å². The molecule has 2 nitrogen and oxygen atoms in total. The van der Waals surface area contributed by atoms with Gasteiger partial charge in [0.25, 0.3) is 0 Å². The second-order valence-corrected chi connectivity index (χ2v) is 6.20. The van der Waals surface area contributed by atoms with E-state index in [1.807, 2.05) is 0 Å². The molecular formula is C15H25BrN2. The zero-order valence-corrected chi connectivity index (χ0v) is 13.7. The maximum Gasteiger partial charge on any atom is 0.0328 e. The van der Waals surface area contributed by atoms with Gasteiger partial charge in [0.2, 0.25) is 0 Å². The molecule has 1 aromatic rings. The molecule has 2 unspecified atom stereocenters. The van der Waals surface area contributed by atoms with Gasteiger partial charge in [0.1, 0.15) is 0 Å². The average Bonchev–Trinajstić information content (AvgIpc) is 2.34. The highest BCUT2D eigenvalue weighted by atomic mass is 79.9. The number of rotatable bonds is 6. The van der Waals surface area contributed by atoms with E-state index in [9.17, 15) is 0 Å². The van der Waals surface area contributed by atoms with Crippen molar-refractivity contribution in [1.82, 2.24) is 10.2 Å². The standard InChI is InChI=1S/C15H25BrN2/c1-6-15(2,18(4)5)14(17-3)11-12-8-7-9-13(16)10-12/h7-10,14,17H,6,11H2,1-5H3. The molecule has 0 aromatic heterocycles. The van der Waals surface area contributed by atoms with E-state index in [4.69, 9.17) is 0 Å². The summed E-state index contributed by atoms with van der Waals surface area (Å²) in [5.41, 5.74) is 1.53. The Hall–Kier alpha value is -0.380. The maximum atomic E-state index is 3.54. The van der Waals surface area contributed by atoms with Gasteiger partial charge in [0, 0.05) is 16.1 Å². The van der Waals surface area contributed by atoms with Crippen molar-refractivity contribution in [3.63, 3.8) is 0 Å². The number of likely N-dealkylation sites (N-methyl/N-ethyl adjacent to an activating group) is 2. The third kappa shape index (κ3) is 3.56. The first-order chi connectivity index (χ1) is 8.43. The Balaban J connectivity index is 2.90. The summed E-state index contributed by atoms with van der Waals surface area (Å²) < 4.78 is 1.15.